The van der Waals surface area contributed by atoms with E-state index in [1.165, 1.54) is 4.90 Å². The summed E-state index contributed by atoms with van der Waals surface area (Å²) >= 11 is 0. The first-order valence-electron chi connectivity index (χ1n) is 29.0. The Morgan fingerprint density at radius 2 is 0.935 bits per heavy atom. The van der Waals surface area contributed by atoms with E-state index >= 15 is 0 Å². The summed E-state index contributed by atoms with van der Waals surface area (Å²) in [6.45, 7) is 51.6. The van der Waals surface area contributed by atoms with Gasteiger partial charge in [0.25, 0.3) is 17.2 Å². The van der Waals surface area contributed by atoms with Gasteiger partial charge >= 0.3 is 60.1 Å². The number of methoxy groups -OCH3 is 1. The van der Waals surface area contributed by atoms with Gasteiger partial charge in [-0.2, -0.15) is 9.90 Å². The minimum absolute atomic E-state index is 0. The molecule has 0 bridgehead atoms. The van der Waals surface area contributed by atoms with Gasteiger partial charge in [-0.1, -0.05) is 14.4 Å². The summed E-state index contributed by atoms with van der Waals surface area (Å²) in [6, 6.07) is -0.711. The zero-order valence-corrected chi connectivity index (χ0v) is 62.4. The van der Waals surface area contributed by atoms with Crippen LogP contribution in [0.4, 0.5) is 24.0 Å². The van der Waals surface area contributed by atoms with Crippen LogP contribution in [-0.2, 0) is 79.6 Å². The Morgan fingerprint density at radius 3 is 1.26 bits per heavy atom. The number of rotatable bonds is 2. The maximum Gasteiger partial charge on any atom is 1.00 e. The molecule has 4 aliphatic heterocycles. The number of pyridine rings is 3. The Balaban J connectivity index is -0.000000524. The molecule has 24 nitrogen and oxygen atoms in total. The Morgan fingerprint density at radius 1 is 0.598 bits per heavy atom. The molecule has 7 heterocycles. The molecule has 3 aromatic heterocycles. The van der Waals surface area contributed by atoms with Gasteiger partial charge in [-0.3, -0.25) is 34.0 Å². The van der Waals surface area contributed by atoms with E-state index in [-0.39, 0.29) is 102 Å². The molecule has 0 aliphatic carbocycles. The smallest absolute Gasteiger partial charge is 1.00 e. The summed E-state index contributed by atoms with van der Waals surface area (Å²) in [7, 11) is 3.37. The SMILES string of the molecule is C.C#C.CC(C)(C)OC(=O)O.CCC(C)=O.COc1nc(C)c(C)c2c1CN(C(=O)OC(C)(C)C)C2.Cc1[nH]c(=O)c2c(c1C)CN(C(=O)OC(C)(C)C)C2.Cc1c2c(c(=O)n(C)c1C)CN(C(=O)OC(C)(C)C)C2.P.[C-]#[N+]C1CN(C(=O)OC(C)(C)C)CC1=O.[H-].[Na+]. The number of amides is 4. The van der Waals surface area contributed by atoms with Crippen molar-refractivity contribution in [2.45, 2.75) is 246 Å². The number of fused-ring (bicyclic) bond motifs is 3. The fraction of sp³-hybridized carbons (Fsp3) is 0.621. The van der Waals surface area contributed by atoms with Crippen LogP contribution in [-0.4, -0.2) is 136 Å². The molecule has 26 heteroatoms. The van der Waals surface area contributed by atoms with E-state index in [2.05, 4.69) is 32.4 Å². The van der Waals surface area contributed by atoms with Crippen LogP contribution in [0.25, 0.3) is 4.85 Å². The Kier molecular flexibility index (Phi) is 35.9. The number of ketones is 2. The zero-order chi connectivity index (χ0) is 69.4. The van der Waals surface area contributed by atoms with E-state index in [0.717, 1.165) is 56.0 Å². The molecule has 92 heavy (non-hydrogen) atoms. The number of aromatic amines is 1. The van der Waals surface area contributed by atoms with Gasteiger partial charge in [0.05, 0.1) is 52.9 Å². The van der Waals surface area contributed by atoms with Gasteiger partial charge in [0.1, 0.15) is 40.3 Å². The van der Waals surface area contributed by atoms with Gasteiger partial charge in [0.15, 0.2) is 0 Å². The first-order chi connectivity index (χ1) is 40.5. The fourth-order valence-electron chi connectivity index (χ4n) is 8.48. The van der Waals surface area contributed by atoms with Crippen LogP contribution in [0, 0.1) is 61.0 Å². The number of carboxylic acid groups (broad SMARTS) is 1. The van der Waals surface area contributed by atoms with Crippen LogP contribution < -0.4 is 45.4 Å². The number of aryl methyl sites for hydroxylation is 2. The van der Waals surface area contributed by atoms with Crippen molar-refractivity contribution in [3.05, 3.63) is 99.3 Å². The molecule has 0 aromatic carbocycles. The van der Waals surface area contributed by atoms with Crippen LogP contribution in [0.5, 0.6) is 5.88 Å². The van der Waals surface area contributed by atoms with Crippen LogP contribution in [0.15, 0.2) is 9.59 Å². The number of carbonyl (C=O) groups excluding carboxylic acids is 6. The molecule has 0 spiro atoms. The monoisotopic (exact) mass is 1320 g/mol. The number of hydrogen-bond donors (Lipinski definition) is 2. The molecule has 1 fully saturated rings. The molecule has 3 aromatic rings. The average molecular weight is 1320 g/mol. The summed E-state index contributed by atoms with van der Waals surface area (Å²) in [5, 5.41) is 8.03. The molecule has 0 saturated carbocycles. The molecule has 2 N–H and O–H groups in total. The van der Waals surface area contributed by atoms with Crippen LogP contribution in [0.3, 0.4) is 0 Å². The number of likely N-dealkylation sites (tertiary alicyclic amines) is 1. The zero-order valence-electron chi connectivity index (χ0n) is 60.0. The minimum atomic E-state index is -1.22. The molecular weight excluding hydrogens is 1210 g/mol. The maximum atomic E-state index is 12.3. The van der Waals surface area contributed by atoms with E-state index in [1.54, 1.807) is 81.9 Å². The molecule has 512 valence electrons. The van der Waals surface area contributed by atoms with Gasteiger partial charge in [-0.25, -0.2) is 35.5 Å². The van der Waals surface area contributed by atoms with Crippen molar-refractivity contribution < 1.29 is 98.1 Å². The normalized spacial score (nSPS) is 14.1. The standard InChI is InChI=1S/2C15H22N2O3.C14H20N2O3.C10H14N2O3.C5H10O3.C4H8O.C2H2.CH4.Na.H3P.H/c1-9-10(2)16-13(19-6)12-8-17(7-11(9)12)14(18)20-15(3,4)5;1-9-10(2)16(6)13(18)12-8-17(7-11(9)12)14(19)20-15(3,4)5;1-8-9(2)15-12(17)11-7-16(6-10(8)11)13(18)19-14(3,4)5;1-10(2,3)15-9(14)12-5-7(11-4)8(13)6-12;1-5(2,3)8-4(6)7;1-3-4(2)5;1-2;;;;/h2*7-8H2,1-6H3;6-7H2,1-5H3,(H,15,17);7H,5-6H2,1-3H3;1-3H3,(H,6,7);3H2,1-2H3;1-2H;1H4;;1H3;/q;;;;;;;;+1;;-1. The van der Waals surface area contributed by atoms with Gasteiger partial charge in [-0.15, -0.1) is 12.8 Å². The van der Waals surface area contributed by atoms with Crippen molar-refractivity contribution >= 4 is 52.0 Å². The predicted octanol–water partition coefficient (Wildman–Crippen LogP) is 9.07. The fourth-order valence-corrected chi connectivity index (χ4v) is 8.48. The molecule has 0 radical (unpaired) electrons. The summed E-state index contributed by atoms with van der Waals surface area (Å²) < 4.78 is 32.6. The number of hydrogen-bond acceptors (Lipinski definition) is 16. The van der Waals surface area contributed by atoms with Crippen molar-refractivity contribution in [2.24, 2.45) is 7.05 Å². The number of nitrogens with one attached hydrogen (secondary N) is 1. The van der Waals surface area contributed by atoms with Gasteiger partial charge < -0.3 is 54.1 Å². The molecule has 7 rings (SSSR count). The number of ether oxygens (including phenoxy) is 6. The molecule has 1 saturated heterocycles. The number of H-pyrrole nitrogens is 1. The number of terminal acetylenes is 1. The van der Waals surface area contributed by atoms with E-state index in [0.29, 0.717) is 62.7 Å². The van der Waals surface area contributed by atoms with Crippen molar-refractivity contribution in [3.63, 3.8) is 0 Å². The quantitative estimate of drug-likeness (QED) is 0.0604. The number of aromatic nitrogens is 3. The summed E-state index contributed by atoms with van der Waals surface area (Å²) in [6.07, 6.45) is 5.88. The summed E-state index contributed by atoms with van der Waals surface area (Å²) in [5.74, 6) is 0.648. The second-order valence-corrected chi connectivity index (χ2v) is 26.5. The average Bonchev–Trinajstić information content (AvgIpc) is 1.68. The van der Waals surface area contributed by atoms with Crippen LogP contribution >= 0.6 is 9.90 Å². The molecule has 2 atom stereocenters. The number of carbonyl (C=O) groups is 7. The third-order valence-electron chi connectivity index (χ3n) is 13.3. The molecule has 2 unspecified atom stereocenters. The van der Waals surface area contributed by atoms with Crippen molar-refractivity contribution in [2.75, 3.05) is 20.2 Å². The van der Waals surface area contributed by atoms with Crippen LogP contribution in [0.2, 0.25) is 0 Å². The van der Waals surface area contributed by atoms with Crippen molar-refractivity contribution in [1.82, 2.24) is 34.1 Å². The first-order valence-corrected chi connectivity index (χ1v) is 29.0. The Labute approximate surface area is 572 Å². The summed E-state index contributed by atoms with van der Waals surface area (Å²) in [4.78, 5) is 119. The van der Waals surface area contributed by atoms with E-state index in [4.69, 9.17) is 35.4 Å². The molecule has 4 aliphatic rings. The number of Topliss-reactive ketones (excluding diaryl/α,β-unsaturated/α-hetero) is 2. The Hall–Kier alpha value is -6.98. The van der Waals surface area contributed by atoms with Crippen molar-refractivity contribution in [3.8, 4) is 18.7 Å². The third-order valence-corrected chi connectivity index (χ3v) is 13.3. The summed E-state index contributed by atoms with van der Waals surface area (Å²) in [5.41, 5.74) is 8.58. The predicted molar refractivity (Wildman–Crippen MR) is 356 cm³/mol. The van der Waals surface area contributed by atoms with E-state index < -0.39 is 46.3 Å². The Bertz CT molecular complexity index is 3270. The maximum absolute atomic E-state index is 12.3. The van der Waals surface area contributed by atoms with Crippen molar-refractivity contribution in [1.29, 1.82) is 0 Å². The third kappa shape index (κ3) is 28.5. The second-order valence-electron chi connectivity index (χ2n) is 26.5. The minimum Gasteiger partial charge on any atom is -1.00 e. The van der Waals surface area contributed by atoms with Gasteiger partial charge in [-0.05, 0) is 186 Å². The van der Waals surface area contributed by atoms with Gasteiger partial charge in [0, 0.05) is 47.2 Å². The first kappa shape index (κ1) is 89.2. The largest absolute Gasteiger partial charge is 1.00 e. The van der Waals surface area contributed by atoms with E-state index in [9.17, 15) is 43.2 Å². The number of nitrogens with zero attached hydrogens (tertiary/aromatic N) is 7. The van der Waals surface area contributed by atoms with Crippen LogP contribution in [0.1, 0.15) is 200 Å². The van der Waals surface area contributed by atoms with E-state index in [1.807, 2.05) is 111 Å². The molecule has 4 amide bonds. The molecular formula is C66H106N8NaO16P. The van der Waals surface area contributed by atoms with Gasteiger partial charge in [0.2, 0.25) is 11.7 Å². The second kappa shape index (κ2) is 37.1. The topological polar surface area (TPSA) is 280 Å².